The van der Waals surface area contributed by atoms with Gasteiger partial charge >= 0.3 is 0 Å². The molecule has 0 spiro atoms. The maximum atomic E-state index is 12.4. The molecule has 2 rings (SSSR count). The Kier molecular flexibility index (Phi) is 4.77. The van der Waals surface area contributed by atoms with Crippen molar-refractivity contribution in [1.29, 1.82) is 0 Å². The zero-order chi connectivity index (χ0) is 13.7. The van der Waals surface area contributed by atoms with Gasteiger partial charge in [0, 0.05) is 24.9 Å². The summed E-state index contributed by atoms with van der Waals surface area (Å²) >= 11 is 6.05. The molecule has 0 aliphatic heterocycles. The SMILES string of the molecule is O=C(c1ccccc1Cl)c1cccn1CCCCO. The van der Waals surface area contributed by atoms with Crippen molar-refractivity contribution in [3.8, 4) is 0 Å². The van der Waals surface area contributed by atoms with Crippen LogP contribution in [0.4, 0.5) is 0 Å². The van der Waals surface area contributed by atoms with Crippen molar-refractivity contribution in [2.75, 3.05) is 6.61 Å². The summed E-state index contributed by atoms with van der Waals surface area (Å²) in [6, 6.07) is 10.7. The first-order valence-corrected chi connectivity index (χ1v) is 6.67. The van der Waals surface area contributed by atoms with Crippen LogP contribution in [0.15, 0.2) is 42.6 Å². The lowest BCUT2D eigenvalue weighted by Crippen LogP contribution is -2.10. The first-order valence-electron chi connectivity index (χ1n) is 6.29. The molecule has 2 aromatic rings. The number of aryl methyl sites for hydroxylation is 1. The van der Waals surface area contributed by atoms with Gasteiger partial charge < -0.3 is 9.67 Å². The van der Waals surface area contributed by atoms with Gasteiger partial charge in [-0.3, -0.25) is 4.79 Å². The normalized spacial score (nSPS) is 10.6. The second kappa shape index (κ2) is 6.55. The van der Waals surface area contributed by atoms with Gasteiger partial charge in [0.2, 0.25) is 5.78 Å². The minimum Gasteiger partial charge on any atom is -0.396 e. The number of nitrogens with zero attached hydrogens (tertiary/aromatic N) is 1. The molecule has 0 aliphatic rings. The van der Waals surface area contributed by atoms with Gasteiger partial charge in [0.1, 0.15) is 0 Å². The van der Waals surface area contributed by atoms with Gasteiger partial charge in [-0.25, -0.2) is 0 Å². The van der Waals surface area contributed by atoms with Crippen LogP contribution in [-0.4, -0.2) is 22.1 Å². The summed E-state index contributed by atoms with van der Waals surface area (Å²) in [4.78, 5) is 12.4. The molecule has 3 nitrogen and oxygen atoms in total. The molecule has 0 bridgehead atoms. The Morgan fingerprint density at radius 3 is 2.68 bits per heavy atom. The van der Waals surface area contributed by atoms with Crippen LogP contribution in [0.2, 0.25) is 5.02 Å². The molecular weight excluding hydrogens is 262 g/mol. The molecule has 0 saturated carbocycles. The van der Waals surface area contributed by atoms with Crippen LogP contribution in [0.3, 0.4) is 0 Å². The quantitative estimate of drug-likeness (QED) is 0.651. The molecule has 0 amide bonds. The first-order chi connectivity index (χ1) is 9.24. The molecule has 0 aliphatic carbocycles. The van der Waals surface area contributed by atoms with Gasteiger partial charge in [-0.2, -0.15) is 0 Å². The fourth-order valence-electron chi connectivity index (χ4n) is 1.99. The van der Waals surface area contributed by atoms with Gasteiger partial charge in [0.25, 0.3) is 0 Å². The van der Waals surface area contributed by atoms with E-state index in [2.05, 4.69) is 0 Å². The van der Waals surface area contributed by atoms with Crippen LogP contribution in [0.5, 0.6) is 0 Å². The number of hydrogen-bond acceptors (Lipinski definition) is 2. The molecule has 4 heteroatoms. The Morgan fingerprint density at radius 2 is 1.95 bits per heavy atom. The van der Waals surface area contributed by atoms with E-state index in [0.717, 1.165) is 19.4 Å². The van der Waals surface area contributed by atoms with E-state index in [1.807, 2.05) is 16.8 Å². The highest BCUT2D eigenvalue weighted by molar-refractivity contribution is 6.34. The van der Waals surface area contributed by atoms with Gasteiger partial charge in [0.05, 0.1) is 10.7 Å². The zero-order valence-electron chi connectivity index (χ0n) is 10.6. The lowest BCUT2D eigenvalue weighted by molar-refractivity contribution is 0.103. The van der Waals surface area contributed by atoms with Gasteiger partial charge in [-0.05, 0) is 37.1 Å². The number of rotatable bonds is 6. The van der Waals surface area contributed by atoms with E-state index in [1.165, 1.54) is 0 Å². The van der Waals surface area contributed by atoms with E-state index in [-0.39, 0.29) is 12.4 Å². The lowest BCUT2D eigenvalue weighted by atomic mass is 10.1. The summed E-state index contributed by atoms with van der Waals surface area (Å²) in [5.74, 6) is -0.0698. The van der Waals surface area contributed by atoms with Crippen LogP contribution in [0.25, 0.3) is 0 Å². The van der Waals surface area contributed by atoms with Crippen molar-refractivity contribution in [3.05, 3.63) is 58.9 Å². The molecule has 19 heavy (non-hydrogen) atoms. The van der Waals surface area contributed by atoms with E-state index >= 15 is 0 Å². The van der Waals surface area contributed by atoms with Crippen molar-refractivity contribution < 1.29 is 9.90 Å². The first kappa shape index (κ1) is 13.8. The highest BCUT2D eigenvalue weighted by Crippen LogP contribution is 2.19. The topological polar surface area (TPSA) is 42.2 Å². The molecule has 0 unspecified atom stereocenters. The number of halogens is 1. The van der Waals surface area contributed by atoms with Crippen molar-refractivity contribution in [2.45, 2.75) is 19.4 Å². The summed E-state index contributed by atoms with van der Waals surface area (Å²) in [5, 5.41) is 9.26. The average molecular weight is 278 g/mol. The molecule has 0 atom stereocenters. The lowest BCUT2D eigenvalue weighted by Gasteiger charge is -2.09. The minimum atomic E-state index is -0.0698. The smallest absolute Gasteiger partial charge is 0.210 e. The van der Waals surface area contributed by atoms with E-state index in [0.29, 0.717) is 16.3 Å². The number of benzene rings is 1. The Morgan fingerprint density at radius 1 is 1.16 bits per heavy atom. The number of aliphatic hydroxyl groups is 1. The Balaban J connectivity index is 2.20. The molecule has 1 aromatic heterocycles. The standard InChI is InChI=1S/C15H16ClNO2/c16-13-7-2-1-6-12(13)15(19)14-8-5-10-17(14)9-3-4-11-18/h1-2,5-8,10,18H,3-4,9,11H2. The largest absolute Gasteiger partial charge is 0.396 e. The summed E-state index contributed by atoms with van der Waals surface area (Å²) in [6.07, 6.45) is 3.45. The summed E-state index contributed by atoms with van der Waals surface area (Å²) in [5.41, 5.74) is 1.15. The summed E-state index contributed by atoms with van der Waals surface area (Å²) < 4.78 is 1.90. The van der Waals surface area contributed by atoms with Crippen LogP contribution >= 0.6 is 11.6 Å². The molecule has 1 N–H and O–H groups in total. The van der Waals surface area contributed by atoms with E-state index in [4.69, 9.17) is 16.7 Å². The number of aromatic nitrogens is 1. The molecule has 0 saturated heterocycles. The highest BCUT2D eigenvalue weighted by Gasteiger charge is 2.15. The predicted octanol–water partition coefficient (Wildman–Crippen LogP) is 3.15. The Bertz CT molecular complexity index is 563. The Hall–Kier alpha value is -1.58. The van der Waals surface area contributed by atoms with Gasteiger partial charge in [0.15, 0.2) is 0 Å². The Labute approximate surface area is 117 Å². The maximum absolute atomic E-state index is 12.4. The fourth-order valence-corrected chi connectivity index (χ4v) is 2.21. The van der Waals surface area contributed by atoms with E-state index < -0.39 is 0 Å². The van der Waals surface area contributed by atoms with Crippen LogP contribution in [0.1, 0.15) is 28.9 Å². The number of hydrogen-bond donors (Lipinski definition) is 1. The third-order valence-corrected chi connectivity index (χ3v) is 3.32. The third kappa shape index (κ3) is 3.25. The number of carbonyl (C=O) groups excluding carboxylic acids is 1. The van der Waals surface area contributed by atoms with Crippen LogP contribution in [-0.2, 0) is 6.54 Å². The maximum Gasteiger partial charge on any atom is 0.210 e. The molecule has 1 aromatic carbocycles. The van der Waals surface area contributed by atoms with E-state index in [1.54, 1.807) is 30.3 Å². The number of unbranched alkanes of at least 4 members (excludes halogenated alkanes) is 1. The van der Waals surface area contributed by atoms with E-state index in [9.17, 15) is 4.79 Å². The molecule has 100 valence electrons. The zero-order valence-corrected chi connectivity index (χ0v) is 11.3. The summed E-state index contributed by atoms with van der Waals surface area (Å²) in [6.45, 7) is 0.897. The molecular formula is C15H16ClNO2. The van der Waals surface area contributed by atoms with Crippen LogP contribution < -0.4 is 0 Å². The second-order valence-corrected chi connectivity index (χ2v) is 4.73. The molecule has 0 radical (unpaired) electrons. The number of ketones is 1. The fraction of sp³-hybridized carbons (Fsp3) is 0.267. The average Bonchev–Trinajstić information content (AvgIpc) is 2.87. The monoisotopic (exact) mass is 277 g/mol. The summed E-state index contributed by atoms with van der Waals surface area (Å²) in [7, 11) is 0. The predicted molar refractivity (Wildman–Crippen MR) is 75.6 cm³/mol. The second-order valence-electron chi connectivity index (χ2n) is 4.33. The van der Waals surface area contributed by atoms with Crippen molar-refractivity contribution in [3.63, 3.8) is 0 Å². The molecule has 0 fully saturated rings. The van der Waals surface area contributed by atoms with Crippen molar-refractivity contribution in [2.24, 2.45) is 0 Å². The minimum absolute atomic E-state index is 0.0698. The van der Waals surface area contributed by atoms with Crippen LogP contribution in [0, 0.1) is 0 Å². The van der Waals surface area contributed by atoms with Gasteiger partial charge in [-0.1, -0.05) is 23.7 Å². The van der Waals surface area contributed by atoms with Gasteiger partial charge in [-0.15, -0.1) is 0 Å². The number of aliphatic hydroxyl groups excluding tert-OH is 1. The highest BCUT2D eigenvalue weighted by atomic mass is 35.5. The van der Waals surface area contributed by atoms with Crippen molar-refractivity contribution in [1.82, 2.24) is 4.57 Å². The third-order valence-electron chi connectivity index (χ3n) is 2.99. The number of carbonyl (C=O) groups is 1. The van der Waals surface area contributed by atoms with Crippen molar-refractivity contribution >= 4 is 17.4 Å². The molecule has 1 heterocycles.